The van der Waals surface area contributed by atoms with Gasteiger partial charge in [-0.15, -0.1) is 0 Å². The molecule has 0 spiro atoms. The predicted molar refractivity (Wildman–Crippen MR) is 82.0 cm³/mol. The van der Waals surface area contributed by atoms with E-state index in [4.69, 9.17) is 16.0 Å². The topological polar surface area (TPSA) is 26.0 Å². The Bertz CT molecular complexity index is 926. The van der Waals surface area contributed by atoms with Crippen LogP contribution < -0.4 is 0 Å². The molecule has 0 aliphatic carbocycles. The number of hydrogen-bond donors (Lipinski definition) is 0. The van der Waals surface area contributed by atoms with E-state index < -0.39 is 0 Å². The van der Waals surface area contributed by atoms with Crippen LogP contribution in [-0.2, 0) is 0 Å². The highest BCUT2D eigenvalue weighted by molar-refractivity contribution is 6.33. The Morgan fingerprint density at radius 1 is 0.900 bits per heavy atom. The first-order valence-corrected chi connectivity index (χ1v) is 6.72. The van der Waals surface area contributed by atoms with Crippen LogP contribution in [0.4, 0.5) is 0 Å². The molecule has 0 atom stereocenters. The summed E-state index contributed by atoms with van der Waals surface area (Å²) in [7, 11) is 0. The van der Waals surface area contributed by atoms with Crippen LogP contribution in [0.2, 0.25) is 5.02 Å². The summed E-state index contributed by atoms with van der Waals surface area (Å²) in [6.45, 7) is 0. The Labute approximate surface area is 120 Å². The minimum atomic E-state index is 0.701. The van der Waals surface area contributed by atoms with Gasteiger partial charge in [0.15, 0.2) is 0 Å². The van der Waals surface area contributed by atoms with E-state index in [1.165, 1.54) is 0 Å². The molecule has 0 fully saturated rings. The number of benzene rings is 2. The van der Waals surface area contributed by atoms with Crippen LogP contribution in [0, 0.1) is 0 Å². The van der Waals surface area contributed by atoms with Crippen LogP contribution in [0.15, 0.2) is 65.3 Å². The van der Waals surface area contributed by atoms with Crippen molar-refractivity contribution in [1.82, 2.24) is 4.98 Å². The van der Waals surface area contributed by atoms with E-state index in [2.05, 4.69) is 17.1 Å². The standard InChI is InChI=1S/C17H10ClNO/c18-15-7-8-19-10-14(15)11-5-6-17-13(9-11)12-3-1-2-4-16(12)20-17/h1-10H. The van der Waals surface area contributed by atoms with E-state index in [0.29, 0.717) is 5.02 Å². The summed E-state index contributed by atoms with van der Waals surface area (Å²) >= 11 is 6.24. The van der Waals surface area contributed by atoms with Crippen molar-refractivity contribution >= 4 is 33.5 Å². The number of nitrogens with zero attached hydrogens (tertiary/aromatic N) is 1. The summed E-state index contributed by atoms with van der Waals surface area (Å²) in [6.07, 6.45) is 3.48. The van der Waals surface area contributed by atoms with E-state index in [1.54, 1.807) is 18.5 Å². The molecule has 0 unspecified atom stereocenters. The summed E-state index contributed by atoms with van der Waals surface area (Å²) < 4.78 is 5.82. The molecule has 20 heavy (non-hydrogen) atoms. The van der Waals surface area contributed by atoms with E-state index in [0.717, 1.165) is 33.1 Å². The Hall–Kier alpha value is -2.32. The molecule has 4 aromatic rings. The first kappa shape index (κ1) is 11.5. The Kier molecular flexibility index (Phi) is 2.51. The predicted octanol–water partition coefficient (Wildman–Crippen LogP) is 5.30. The van der Waals surface area contributed by atoms with Crippen LogP contribution in [0.3, 0.4) is 0 Å². The zero-order chi connectivity index (χ0) is 13.5. The summed E-state index contributed by atoms with van der Waals surface area (Å²) in [5.74, 6) is 0. The second-order valence-corrected chi connectivity index (χ2v) is 5.07. The van der Waals surface area contributed by atoms with E-state index >= 15 is 0 Å². The van der Waals surface area contributed by atoms with Crippen molar-refractivity contribution in [1.29, 1.82) is 0 Å². The fraction of sp³-hybridized carbons (Fsp3) is 0. The van der Waals surface area contributed by atoms with E-state index in [9.17, 15) is 0 Å². The molecule has 2 aromatic heterocycles. The SMILES string of the molecule is Clc1ccncc1-c1ccc2oc3ccccc3c2c1. The van der Waals surface area contributed by atoms with Gasteiger partial charge in [0.1, 0.15) is 11.2 Å². The normalized spacial score (nSPS) is 11.2. The van der Waals surface area contributed by atoms with Crippen molar-refractivity contribution in [2.75, 3.05) is 0 Å². The highest BCUT2D eigenvalue weighted by Crippen LogP contribution is 2.34. The molecule has 4 rings (SSSR count). The van der Waals surface area contributed by atoms with Crippen molar-refractivity contribution in [2.24, 2.45) is 0 Å². The number of rotatable bonds is 1. The average molecular weight is 280 g/mol. The molecule has 0 radical (unpaired) electrons. The summed E-state index contributed by atoms with van der Waals surface area (Å²) in [5.41, 5.74) is 3.76. The molecule has 2 nitrogen and oxygen atoms in total. The smallest absolute Gasteiger partial charge is 0.135 e. The summed E-state index contributed by atoms with van der Waals surface area (Å²) in [6, 6.07) is 15.9. The van der Waals surface area contributed by atoms with Gasteiger partial charge in [0.25, 0.3) is 0 Å². The molecular weight excluding hydrogens is 270 g/mol. The Morgan fingerprint density at radius 2 is 1.75 bits per heavy atom. The molecule has 2 heterocycles. The van der Waals surface area contributed by atoms with Crippen LogP contribution in [0.1, 0.15) is 0 Å². The lowest BCUT2D eigenvalue weighted by molar-refractivity contribution is 0.669. The fourth-order valence-corrected chi connectivity index (χ4v) is 2.70. The lowest BCUT2D eigenvalue weighted by atomic mass is 10.0. The van der Waals surface area contributed by atoms with E-state index in [1.807, 2.05) is 30.3 Å². The third kappa shape index (κ3) is 1.69. The molecular formula is C17H10ClNO. The minimum Gasteiger partial charge on any atom is -0.456 e. The molecule has 0 aliphatic heterocycles. The molecule has 0 amide bonds. The Balaban J connectivity index is 2.03. The fourth-order valence-electron chi connectivity index (χ4n) is 2.48. The first-order valence-electron chi connectivity index (χ1n) is 6.34. The molecule has 2 aromatic carbocycles. The summed E-state index contributed by atoms with van der Waals surface area (Å²) in [4.78, 5) is 4.14. The van der Waals surface area contributed by atoms with Crippen molar-refractivity contribution in [3.8, 4) is 11.1 Å². The number of hydrogen-bond acceptors (Lipinski definition) is 2. The van der Waals surface area contributed by atoms with E-state index in [-0.39, 0.29) is 0 Å². The lowest BCUT2D eigenvalue weighted by Crippen LogP contribution is -1.81. The molecule has 96 valence electrons. The van der Waals surface area contributed by atoms with Crippen LogP contribution in [0.25, 0.3) is 33.1 Å². The third-order valence-electron chi connectivity index (χ3n) is 3.46. The molecule has 0 aliphatic rings. The molecule has 0 saturated carbocycles. The van der Waals surface area contributed by atoms with Gasteiger partial charge in [-0.05, 0) is 29.8 Å². The number of para-hydroxylation sites is 1. The lowest BCUT2D eigenvalue weighted by Gasteiger charge is -2.03. The maximum atomic E-state index is 6.24. The van der Waals surface area contributed by atoms with Crippen LogP contribution in [0.5, 0.6) is 0 Å². The van der Waals surface area contributed by atoms with Gasteiger partial charge in [0.2, 0.25) is 0 Å². The quantitative estimate of drug-likeness (QED) is 0.472. The van der Waals surface area contributed by atoms with Crippen LogP contribution >= 0.6 is 11.6 Å². The van der Waals surface area contributed by atoms with Crippen molar-refractivity contribution in [2.45, 2.75) is 0 Å². The average Bonchev–Trinajstić information content (AvgIpc) is 2.85. The van der Waals surface area contributed by atoms with Gasteiger partial charge >= 0.3 is 0 Å². The zero-order valence-corrected chi connectivity index (χ0v) is 11.3. The van der Waals surface area contributed by atoms with Crippen molar-refractivity contribution < 1.29 is 4.42 Å². The number of fused-ring (bicyclic) bond motifs is 3. The highest BCUT2D eigenvalue weighted by Gasteiger charge is 2.09. The van der Waals surface area contributed by atoms with Gasteiger partial charge in [-0.3, -0.25) is 4.98 Å². The van der Waals surface area contributed by atoms with Gasteiger partial charge in [-0.25, -0.2) is 0 Å². The highest BCUT2D eigenvalue weighted by atomic mass is 35.5. The zero-order valence-electron chi connectivity index (χ0n) is 10.5. The van der Waals surface area contributed by atoms with Crippen molar-refractivity contribution in [3.05, 3.63) is 65.9 Å². The van der Waals surface area contributed by atoms with Gasteiger partial charge in [0, 0.05) is 28.7 Å². The number of pyridine rings is 1. The monoisotopic (exact) mass is 279 g/mol. The largest absolute Gasteiger partial charge is 0.456 e. The van der Waals surface area contributed by atoms with Gasteiger partial charge in [-0.1, -0.05) is 35.9 Å². The maximum Gasteiger partial charge on any atom is 0.135 e. The minimum absolute atomic E-state index is 0.701. The van der Waals surface area contributed by atoms with Crippen molar-refractivity contribution in [3.63, 3.8) is 0 Å². The second-order valence-electron chi connectivity index (χ2n) is 4.66. The molecule has 3 heteroatoms. The second kappa shape index (κ2) is 4.36. The van der Waals surface area contributed by atoms with Gasteiger partial charge < -0.3 is 4.42 Å². The molecule has 0 bridgehead atoms. The number of halogens is 1. The summed E-state index contributed by atoms with van der Waals surface area (Å²) in [5, 5.41) is 2.91. The molecule has 0 saturated heterocycles. The van der Waals surface area contributed by atoms with Crippen LogP contribution in [-0.4, -0.2) is 4.98 Å². The number of furan rings is 1. The third-order valence-corrected chi connectivity index (χ3v) is 3.79. The van der Waals surface area contributed by atoms with Gasteiger partial charge in [0.05, 0.1) is 5.02 Å². The maximum absolute atomic E-state index is 6.24. The first-order chi connectivity index (χ1) is 9.83. The Morgan fingerprint density at radius 3 is 2.65 bits per heavy atom. The molecule has 0 N–H and O–H groups in total. The van der Waals surface area contributed by atoms with Gasteiger partial charge in [-0.2, -0.15) is 0 Å². The number of aromatic nitrogens is 1.